The summed E-state index contributed by atoms with van der Waals surface area (Å²) in [7, 11) is 0. The molecule has 0 atom stereocenters. The van der Waals surface area contributed by atoms with E-state index in [4.69, 9.17) is 11.5 Å². The number of nitrogens with zero attached hydrogens (tertiary/aromatic N) is 1. The predicted molar refractivity (Wildman–Crippen MR) is 62.9 cm³/mol. The van der Waals surface area contributed by atoms with Crippen molar-refractivity contribution in [2.45, 2.75) is 6.42 Å². The molecule has 82 valence electrons. The number of aliphatic imine (C=N–C) groups is 1. The van der Waals surface area contributed by atoms with Crippen LogP contribution in [0.3, 0.4) is 0 Å². The van der Waals surface area contributed by atoms with Crippen molar-refractivity contribution in [1.82, 2.24) is 0 Å². The second kappa shape index (κ2) is 6.13. The molecule has 0 bridgehead atoms. The fraction of sp³-hybridized carbons (Fsp3) is 0.222. The summed E-state index contributed by atoms with van der Waals surface area (Å²) >= 11 is 0. The van der Waals surface area contributed by atoms with E-state index in [0.29, 0.717) is 13.0 Å². The van der Waals surface area contributed by atoms with Crippen LogP contribution >= 0.6 is 17.0 Å². The van der Waals surface area contributed by atoms with E-state index in [2.05, 4.69) is 4.99 Å². The maximum atomic E-state index is 10.9. The molecule has 0 aromatic heterocycles. The molecule has 0 saturated carbocycles. The van der Waals surface area contributed by atoms with Gasteiger partial charge in [0.2, 0.25) is 11.6 Å². The van der Waals surface area contributed by atoms with E-state index in [9.17, 15) is 9.59 Å². The van der Waals surface area contributed by atoms with E-state index >= 15 is 0 Å². The van der Waals surface area contributed by atoms with Crippen LogP contribution in [-0.4, -0.2) is 24.1 Å². The zero-order valence-corrected chi connectivity index (χ0v) is 9.69. The van der Waals surface area contributed by atoms with Gasteiger partial charge in [0.05, 0.1) is 0 Å². The Bertz CT molecular complexity index is 354. The normalized spacial score (nSPS) is 14.3. The molecule has 0 radical (unpaired) electrons. The van der Waals surface area contributed by atoms with Crippen LogP contribution in [0, 0.1) is 0 Å². The first-order chi connectivity index (χ1) is 6.59. The quantitative estimate of drug-likeness (QED) is 0.324. The van der Waals surface area contributed by atoms with E-state index in [1.165, 1.54) is 12.2 Å². The number of halogens is 1. The number of nitrogens with two attached hydrogens (primary N) is 2. The van der Waals surface area contributed by atoms with Crippen LogP contribution in [0.25, 0.3) is 0 Å². The Hall–Kier alpha value is -1.43. The van der Waals surface area contributed by atoms with Gasteiger partial charge >= 0.3 is 0 Å². The van der Waals surface area contributed by atoms with Crippen molar-refractivity contribution in [3.63, 3.8) is 0 Å². The molecule has 0 aromatic rings. The maximum Gasteiger partial charge on any atom is 0.225 e. The lowest BCUT2D eigenvalue weighted by Gasteiger charge is -2.03. The number of carbonyl (C=O) groups excluding carboxylic acids is 2. The summed E-state index contributed by atoms with van der Waals surface area (Å²) in [5.74, 6) is -0.962. The molecular weight excluding hydrogens is 262 g/mol. The molecule has 0 heterocycles. The number of rotatable bonds is 3. The fourth-order valence-corrected chi connectivity index (χ4v) is 1.02. The number of hydrogen-bond donors (Lipinski definition) is 2. The first kappa shape index (κ1) is 13.6. The highest BCUT2D eigenvalue weighted by Crippen LogP contribution is 2.08. The van der Waals surface area contributed by atoms with E-state index in [1.807, 2.05) is 0 Å². The lowest BCUT2D eigenvalue weighted by Crippen LogP contribution is -2.23. The first-order valence-electron chi connectivity index (χ1n) is 4.12. The van der Waals surface area contributed by atoms with Crippen LogP contribution in [0.4, 0.5) is 0 Å². The third-order valence-corrected chi connectivity index (χ3v) is 1.70. The average Bonchev–Trinajstić information content (AvgIpc) is 2.10. The summed E-state index contributed by atoms with van der Waals surface area (Å²) in [5, 5.41) is 0. The molecule has 0 fully saturated rings. The lowest BCUT2D eigenvalue weighted by molar-refractivity contribution is -0.131. The molecule has 1 aliphatic carbocycles. The molecule has 1 rings (SSSR count). The van der Waals surface area contributed by atoms with Gasteiger partial charge in [-0.15, -0.1) is 17.0 Å². The van der Waals surface area contributed by atoms with Gasteiger partial charge in [-0.05, 0) is 24.1 Å². The SMILES string of the molecule is Br.NC(N)=NCCC1=CC(=O)C(=O)C=C1. The Morgan fingerprint density at radius 1 is 1.20 bits per heavy atom. The molecule has 15 heavy (non-hydrogen) atoms. The Morgan fingerprint density at radius 2 is 1.87 bits per heavy atom. The second-order valence-corrected chi connectivity index (χ2v) is 2.84. The Balaban J connectivity index is 0.00000196. The molecule has 0 saturated heterocycles. The highest BCUT2D eigenvalue weighted by molar-refractivity contribution is 8.93. The third-order valence-electron chi connectivity index (χ3n) is 1.70. The van der Waals surface area contributed by atoms with Crippen molar-refractivity contribution in [1.29, 1.82) is 0 Å². The molecule has 5 nitrogen and oxygen atoms in total. The van der Waals surface area contributed by atoms with Crippen LogP contribution in [0.2, 0.25) is 0 Å². The average molecular weight is 274 g/mol. The number of ketones is 2. The third kappa shape index (κ3) is 4.55. The summed E-state index contributed by atoms with van der Waals surface area (Å²) in [4.78, 5) is 25.5. The second-order valence-electron chi connectivity index (χ2n) is 2.84. The van der Waals surface area contributed by atoms with Crippen molar-refractivity contribution in [2.24, 2.45) is 16.5 Å². The topological polar surface area (TPSA) is 98.5 Å². The molecule has 6 heteroatoms. The van der Waals surface area contributed by atoms with Gasteiger partial charge in [0.15, 0.2) is 5.96 Å². The van der Waals surface area contributed by atoms with Crippen molar-refractivity contribution in [2.75, 3.05) is 6.54 Å². The molecule has 0 amide bonds. The number of guanidine groups is 1. The Kier molecular flexibility index (Phi) is 5.54. The molecule has 0 aromatic carbocycles. The summed E-state index contributed by atoms with van der Waals surface area (Å²) in [5.41, 5.74) is 11.0. The van der Waals surface area contributed by atoms with E-state index < -0.39 is 11.6 Å². The summed E-state index contributed by atoms with van der Waals surface area (Å²) in [6.45, 7) is 0.417. The molecule has 0 spiro atoms. The standard InChI is InChI=1S/C9H11N3O2.BrH/c10-9(11)12-4-3-6-1-2-7(13)8(14)5-6;/h1-2,5H,3-4H2,(H4,10,11,12);1H. The number of allylic oxidation sites excluding steroid dienone is 3. The first-order valence-corrected chi connectivity index (χ1v) is 4.12. The molecule has 1 aliphatic rings. The van der Waals surface area contributed by atoms with Gasteiger partial charge in [0.25, 0.3) is 0 Å². The molecular formula is C9H12BrN3O2. The van der Waals surface area contributed by atoms with Crippen molar-refractivity contribution in [3.8, 4) is 0 Å². The predicted octanol–water partition coefficient (Wildman–Crippen LogP) is -0.138. The van der Waals surface area contributed by atoms with E-state index in [-0.39, 0.29) is 22.9 Å². The lowest BCUT2D eigenvalue weighted by atomic mass is 10.0. The fourth-order valence-electron chi connectivity index (χ4n) is 1.02. The molecule has 0 unspecified atom stereocenters. The van der Waals surface area contributed by atoms with Crippen LogP contribution < -0.4 is 11.5 Å². The number of carbonyl (C=O) groups is 2. The van der Waals surface area contributed by atoms with Crippen molar-refractivity contribution < 1.29 is 9.59 Å². The molecule has 0 aliphatic heterocycles. The van der Waals surface area contributed by atoms with Gasteiger partial charge in [-0.1, -0.05) is 6.08 Å². The zero-order chi connectivity index (χ0) is 10.6. The monoisotopic (exact) mass is 273 g/mol. The minimum Gasteiger partial charge on any atom is -0.370 e. The van der Waals surface area contributed by atoms with Crippen LogP contribution in [0.15, 0.2) is 28.8 Å². The largest absolute Gasteiger partial charge is 0.370 e. The Labute approximate surface area is 97.7 Å². The maximum absolute atomic E-state index is 10.9. The zero-order valence-electron chi connectivity index (χ0n) is 7.97. The van der Waals surface area contributed by atoms with Crippen LogP contribution in [0.1, 0.15) is 6.42 Å². The van der Waals surface area contributed by atoms with Crippen LogP contribution in [0.5, 0.6) is 0 Å². The van der Waals surface area contributed by atoms with E-state index in [1.54, 1.807) is 6.08 Å². The molecule has 4 N–H and O–H groups in total. The van der Waals surface area contributed by atoms with Crippen molar-refractivity contribution >= 4 is 34.5 Å². The van der Waals surface area contributed by atoms with Gasteiger partial charge in [-0.25, -0.2) is 0 Å². The van der Waals surface area contributed by atoms with Gasteiger partial charge in [-0.3, -0.25) is 14.6 Å². The minimum atomic E-state index is -0.493. The van der Waals surface area contributed by atoms with Gasteiger partial charge in [0.1, 0.15) is 0 Å². The summed E-state index contributed by atoms with van der Waals surface area (Å²) < 4.78 is 0. The van der Waals surface area contributed by atoms with Gasteiger partial charge < -0.3 is 11.5 Å². The van der Waals surface area contributed by atoms with E-state index in [0.717, 1.165) is 5.57 Å². The number of hydrogen-bond acceptors (Lipinski definition) is 3. The minimum absolute atomic E-state index is 0. The summed E-state index contributed by atoms with van der Waals surface area (Å²) in [6.07, 6.45) is 4.72. The summed E-state index contributed by atoms with van der Waals surface area (Å²) in [6, 6.07) is 0. The Morgan fingerprint density at radius 3 is 2.40 bits per heavy atom. The highest BCUT2D eigenvalue weighted by atomic mass is 79.9. The van der Waals surface area contributed by atoms with Gasteiger partial charge in [0, 0.05) is 6.54 Å². The van der Waals surface area contributed by atoms with Crippen molar-refractivity contribution in [3.05, 3.63) is 23.8 Å². The smallest absolute Gasteiger partial charge is 0.225 e. The van der Waals surface area contributed by atoms with Gasteiger partial charge in [-0.2, -0.15) is 0 Å². The highest BCUT2D eigenvalue weighted by Gasteiger charge is 2.12. The van der Waals surface area contributed by atoms with Crippen LogP contribution in [-0.2, 0) is 9.59 Å².